The Hall–Kier alpha value is -2.93. The summed E-state index contributed by atoms with van der Waals surface area (Å²) in [5.41, 5.74) is 2.53. The summed E-state index contributed by atoms with van der Waals surface area (Å²) in [6, 6.07) is 29.6. The Morgan fingerprint density at radius 2 is 1.30 bits per heavy atom. The molecule has 2 saturated heterocycles. The van der Waals surface area contributed by atoms with Crippen LogP contribution in [-0.4, -0.2) is 108 Å². The van der Waals surface area contributed by atoms with Gasteiger partial charge in [-0.2, -0.15) is 8.42 Å². The van der Waals surface area contributed by atoms with Crippen LogP contribution in [0.2, 0.25) is 0 Å². The van der Waals surface area contributed by atoms with Crippen LogP contribution in [0.15, 0.2) is 84.9 Å². The van der Waals surface area contributed by atoms with Crippen molar-refractivity contribution >= 4 is 31.7 Å². The van der Waals surface area contributed by atoms with Crippen molar-refractivity contribution in [2.45, 2.75) is 37.9 Å². The fourth-order valence-corrected chi connectivity index (χ4v) is 5.84. The Balaban J connectivity index is 0.000000181. The highest BCUT2D eigenvalue weighted by Crippen LogP contribution is 2.17. The fourth-order valence-electron chi connectivity index (χ4n) is 5.47. The first-order chi connectivity index (χ1) is 22.7. The molecule has 2 fully saturated rings. The molecule has 6 rings (SSSR count). The fraction of sp³-hybridized carbons (Fsp3) is 0.459. The maximum absolute atomic E-state index is 10.7. The molecule has 0 aliphatic carbocycles. The minimum absolute atomic E-state index is 0.0648. The summed E-state index contributed by atoms with van der Waals surface area (Å²) >= 11 is 0. The largest absolute Gasteiger partial charge is 0.392 e. The average Bonchev–Trinajstić information content (AvgIpc) is 3.72. The normalized spacial score (nSPS) is 18.1. The Labute approximate surface area is 279 Å². The molecular formula is C37H50N2O7S. The van der Waals surface area contributed by atoms with E-state index >= 15 is 0 Å². The van der Waals surface area contributed by atoms with Gasteiger partial charge in [0.05, 0.1) is 51.5 Å². The van der Waals surface area contributed by atoms with Gasteiger partial charge in [-0.15, -0.1) is 0 Å². The van der Waals surface area contributed by atoms with E-state index in [0.717, 1.165) is 77.9 Å². The molecule has 2 aliphatic rings. The second-order valence-corrected chi connectivity index (χ2v) is 13.6. The van der Waals surface area contributed by atoms with E-state index in [1.54, 1.807) is 0 Å². The quantitative estimate of drug-likeness (QED) is 0.143. The Kier molecular flexibility index (Phi) is 15.5. The smallest absolute Gasteiger partial charge is 0.264 e. The molecule has 2 unspecified atom stereocenters. The number of benzene rings is 4. The van der Waals surface area contributed by atoms with Gasteiger partial charge in [0, 0.05) is 26.2 Å². The van der Waals surface area contributed by atoms with Gasteiger partial charge in [-0.1, -0.05) is 84.9 Å². The molecule has 0 spiro atoms. The third kappa shape index (κ3) is 14.4. The molecule has 0 radical (unpaired) electrons. The van der Waals surface area contributed by atoms with Crippen LogP contribution in [0.25, 0.3) is 21.5 Å². The van der Waals surface area contributed by atoms with Crippen molar-refractivity contribution in [2.24, 2.45) is 0 Å². The van der Waals surface area contributed by atoms with Crippen molar-refractivity contribution in [3.05, 3.63) is 96.1 Å². The van der Waals surface area contributed by atoms with Gasteiger partial charge in [0.2, 0.25) is 0 Å². The molecule has 0 saturated carbocycles. The van der Waals surface area contributed by atoms with Crippen molar-refractivity contribution in [1.29, 1.82) is 0 Å². The highest BCUT2D eigenvalue weighted by atomic mass is 32.2. The first-order valence-electron chi connectivity index (χ1n) is 16.5. The highest BCUT2D eigenvalue weighted by molar-refractivity contribution is 7.85. The summed E-state index contributed by atoms with van der Waals surface area (Å²) < 4.78 is 37.1. The van der Waals surface area contributed by atoms with Crippen LogP contribution in [0.1, 0.15) is 24.0 Å². The second-order valence-electron chi connectivity index (χ2n) is 12.0. The number of likely N-dealkylation sites (tertiary alicyclic amines) is 1. The van der Waals surface area contributed by atoms with Crippen LogP contribution < -0.4 is 5.32 Å². The lowest BCUT2D eigenvalue weighted by Gasteiger charge is -2.14. The lowest BCUT2D eigenvalue weighted by atomic mass is 10.1. The predicted molar refractivity (Wildman–Crippen MR) is 188 cm³/mol. The molecule has 0 amide bonds. The molecule has 0 aromatic heterocycles. The van der Waals surface area contributed by atoms with Gasteiger partial charge in [0.25, 0.3) is 10.1 Å². The maximum Gasteiger partial charge on any atom is 0.264 e. The molecule has 4 aromatic rings. The van der Waals surface area contributed by atoms with E-state index in [0.29, 0.717) is 6.61 Å². The van der Waals surface area contributed by atoms with Gasteiger partial charge in [-0.3, -0.25) is 9.08 Å². The number of rotatable bonds is 13. The summed E-state index contributed by atoms with van der Waals surface area (Å²) in [6.07, 6.45) is 4.41. The zero-order valence-corrected chi connectivity index (χ0v) is 28.2. The van der Waals surface area contributed by atoms with Crippen LogP contribution in [0.3, 0.4) is 0 Å². The number of nitrogens with one attached hydrogen (secondary N) is 1. The summed E-state index contributed by atoms with van der Waals surface area (Å²) in [5, 5.41) is 26.2. The first-order valence-corrected chi connectivity index (χ1v) is 18.3. The molecule has 2 aliphatic heterocycles. The van der Waals surface area contributed by atoms with Gasteiger partial charge in [-0.05, 0) is 64.9 Å². The van der Waals surface area contributed by atoms with Gasteiger partial charge in [0.15, 0.2) is 0 Å². The Morgan fingerprint density at radius 3 is 1.77 bits per heavy atom. The van der Waals surface area contributed by atoms with Gasteiger partial charge >= 0.3 is 0 Å². The molecule has 10 heteroatoms. The minimum atomic E-state index is -3.37. The van der Waals surface area contributed by atoms with E-state index in [-0.39, 0.29) is 25.4 Å². The van der Waals surface area contributed by atoms with Gasteiger partial charge < -0.3 is 25.0 Å². The van der Waals surface area contributed by atoms with Crippen LogP contribution in [0.5, 0.6) is 0 Å². The number of ether oxygens (including phenoxy) is 2. The summed E-state index contributed by atoms with van der Waals surface area (Å²) in [7, 11) is -3.37. The minimum Gasteiger partial charge on any atom is -0.392 e. The van der Waals surface area contributed by atoms with Crippen molar-refractivity contribution < 1.29 is 32.3 Å². The van der Waals surface area contributed by atoms with Crippen LogP contribution in [0.4, 0.5) is 0 Å². The number of aliphatic hydroxyl groups is 2. The number of β-amino-alcohol motifs (C(OH)–C–C–N with tert-alkyl or cyclic N) is 2. The zero-order valence-electron chi connectivity index (χ0n) is 27.4. The lowest BCUT2D eigenvalue weighted by molar-refractivity contribution is 0.105. The third-order valence-corrected chi connectivity index (χ3v) is 8.65. The predicted octanol–water partition coefficient (Wildman–Crippen LogP) is 4.18. The topological polar surface area (TPSA) is 118 Å². The molecule has 4 aromatic carbocycles. The van der Waals surface area contributed by atoms with E-state index in [1.165, 1.54) is 32.7 Å². The number of nitrogens with zero attached hydrogens (tertiary/aromatic N) is 1. The summed E-state index contributed by atoms with van der Waals surface area (Å²) in [6.45, 7) is 6.90. The summed E-state index contributed by atoms with van der Waals surface area (Å²) in [4.78, 5) is 2.26. The summed E-state index contributed by atoms with van der Waals surface area (Å²) in [5.74, 6) is 0. The monoisotopic (exact) mass is 666 g/mol. The molecule has 47 heavy (non-hydrogen) atoms. The number of aliphatic hydroxyl groups excluding tert-OH is 2. The molecule has 9 nitrogen and oxygen atoms in total. The van der Waals surface area contributed by atoms with E-state index in [2.05, 4.69) is 87.2 Å². The first kappa shape index (κ1) is 36.9. The van der Waals surface area contributed by atoms with Gasteiger partial charge in [0.1, 0.15) is 0 Å². The van der Waals surface area contributed by atoms with Crippen LogP contribution in [0, 0.1) is 0 Å². The Morgan fingerprint density at radius 1 is 0.723 bits per heavy atom. The Bertz CT molecular complexity index is 1590. The van der Waals surface area contributed by atoms with Crippen molar-refractivity contribution in [1.82, 2.24) is 10.2 Å². The molecule has 2 heterocycles. The number of hydrogen-bond acceptors (Lipinski definition) is 9. The van der Waals surface area contributed by atoms with E-state index in [4.69, 9.17) is 14.6 Å². The second kappa shape index (κ2) is 19.8. The average molecular weight is 667 g/mol. The molecular weight excluding hydrogens is 616 g/mol. The molecule has 256 valence electrons. The highest BCUT2D eigenvalue weighted by Gasteiger charge is 2.19. The number of fused-ring (bicyclic) bond motifs is 2. The van der Waals surface area contributed by atoms with Gasteiger partial charge in [-0.25, -0.2) is 0 Å². The molecule has 2 atom stereocenters. The molecule has 3 N–H and O–H groups in total. The van der Waals surface area contributed by atoms with Crippen molar-refractivity contribution in [2.75, 3.05) is 72.0 Å². The standard InChI is InChI=1S/C18H23NO2.C15H18O4S.C4H9NO/c20-18-7-9-19(14-18)10-12-21-11-8-15-5-6-16-3-1-2-4-17(16)13-15;1-20(16,17)19-11-10-18-9-8-13-6-7-14-4-2-3-5-15(14)12-13;6-4-1-2-5-3-4/h1-6,13,18,20H,7-12,14H2;2-7,12H,8-11H2,1H3;4-6H,1-3H2. The van der Waals surface area contributed by atoms with Crippen LogP contribution >= 0.6 is 0 Å². The lowest BCUT2D eigenvalue weighted by Crippen LogP contribution is -2.26. The van der Waals surface area contributed by atoms with E-state index in [9.17, 15) is 13.5 Å². The van der Waals surface area contributed by atoms with Crippen molar-refractivity contribution in [3.63, 3.8) is 0 Å². The maximum atomic E-state index is 10.7. The van der Waals surface area contributed by atoms with E-state index < -0.39 is 10.1 Å². The van der Waals surface area contributed by atoms with Crippen LogP contribution in [-0.2, 0) is 36.6 Å². The zero-order chi connectivity index (χ0) is 33.3. The SMILES string of the molecule is CS(=O)(=O)OCCOCCc1ccc2ccccc2c1.OC1CCN(CCOCCc2ccc3ccccc3c2)C1.OC1CCNC1. The van der Waals surface area contributed by atoms with Crippen molar-refractivity contribution in [3.8, 4) is 0 Å². The molecule has 0 bridgehead atoms. The third-order valence-electron chi connectivity index (χ3n) is 8.06. The number of hydrogen-bond donors (Lipinski definition) is 3. The van der Waals surface area contributed by atoms with E-state index in [1.807, 2.05) is 12.1 Å².